The van der Waals surface area contributed by atoms with Crippen LogP contribution in [0.2, 0.25) is 0 Å². The smallest absolute Gasteiger partial charge is 0.192 e. The molecule has 0 bridgehead atoms. The lowest BCUT2D eigenvalue weighted by Gasteiger charge is -2.20. The van der Waals surface area contributed by atoms with Crippen molar-refractivity contribution < 1.29 is 9.53 Å². The van der Waals surface area contributed by atoms with Crippen LogP contribution in [-0.4, -0.2) is 24.7 Å². The second-order valence-electron chi connectivity index (χ2n) is 4.65. The van der Waals surface area contributed by atoms with Crippen molar-refractivity contribution in [3.05, 3.63) is 34.4 Å². The van der Waals surface area contributed by atoms with Gasteiger partial charge in [0.05, 0.1) is 0 Å². The fourth-order valence-electron chi connectivity index (χ4n) is 2.27. The molecule has 0 saturated heterocycles. The van der Waals surface area contributed by atoms with E-state index in [4.69, 9.17) is 4.74 Å². The van der Waals surface area contributed by atoms with Crippen LogP contribution in [0.5, 0.6) is 0 Å². The topological polar surface area (TPSA) is 26.3 Å². The monoisotopic (exact) mass is 252 g/mol. The Morgan fingerprint density at radius 1 is 1.24 bits per heavy atom. The number of benzene rings is 1. The van der Waals surface area contributed by atoms with Gasteiger partial charge < -0.3 is 4.74 Å². The van der Waals surface area contributed by atoms with Crippen LogP contribution in [0.15, 0.2) is 12.1 Å². The summed E-state index contributed by atoms with van der Waals surface area (Å²) in [7, 11) is 4.22. The summed E-state index contributed by atoms with van der Waals surface area (Å²) in [5.74, 6) is 0.0741. The van der Waals surface area contributed by atoms with Crippen LogP contribution in [-0.2, 0) is 4.74 Å². The van der Waals surface area contributed by atoms with Gasteiger partial charge >= 0.3 is 0 Å². The summed E-state index contributed by atoms with van der Waals surface area (Å²) < 4.78 is 5.30. The van der Waals surface area contributed by atoms with Gasteiger partial charge in [0, 0.05) is 18.3 Å². The molecule has 3 unspecified atom stereocenters. The first-order chi connectivity index (χ1) is 7.88. The van der Waals surface area contributed by atoms with Crippen molar-refractivity contribution >= 4 is 15.0 Å². The number of rotatable bonds is 4. The number of carbonyl (C=O) groups is 1. The molecule has 1 aromatic carbocycles. The summed E-state index contributed by atoms with van der Waals surface area (Å²) in [5, 5.41) is 0. The average molecular weight is 252 g/mol. The Morgan fingerprint density at radius 3 is 2.06 bits per heavy atom. The molecule has 1 rings (SSSR count). The molecule has 94 valence electrons. The normalized spacial score (nSPS) is 14.5. The van der Waals surface area contributed by atoms with Gasteiger partial charge in [-0.25, -0.2) is 0 Å². The molecule has 0 radical (unpaired) electrons. The van der Waals surface area contributed by atoms with Crippen molar-refractivity contribution in [3.63, 3.8) is 0 Å². The van der Waals surface area contributed by atoms with Crippen LogP contribution in [0, 0.1) is 20.8 Å². The molecule has 0 saturated carbocycles. The van der Waals surface area contributed by atoms with Crippen LogP contribution < -0.4 is 0 Å². The number of aryl methyl sites for hydroxylation is 3. The highest BCUT2D eigenvalue weighted by Crippen LogP contribution is 2.21. The van der Waals surface area contributed by atoms with Gasteiger partial charge in [-0.05, 0) is 31.9 Å². The summed E-state index contributed by atoms with van der Waals surface area (Å²) >= 11 is 0. The molecule has 1 aromatic rings. The Morgan fingerprint density at radius 2 is 1.71 bits per heavy atom. The Kier molecular flexibility index (Phi) is 4.85. The summed E-state index contributed by atoms with van der Waals surface area (Å²) in [6.07, 6.45) is -0.389. The second kappa shape index (κ2) is 5.75. The van der Waals surface area contributed by atoms with E-state index in [-0.39, 0.29) is 17.5 Å². The lowest BCUT2D eigenvalue weighted by molar-refractivity contribution is 0.0609. The number of carbonyl (C=O) groups excluding carboxylic acids is 1. The third-order valence-corrected chi connectivity index (χ3v) is 3.26. The van der Waals surface area contributed by atoms with Crippen molar-refractivity contribution in [2.24, 2.45) is 0 Å². The number of ketones is 1. The first-order valence-electron chi connectivity index (χ1n) is 5.79. The minimum Gasteiger partial charge on any atom is -0.373 e. The molecular formula is C14H21O2P. The molecule has 0 aliphatic rings. The molecule has 0 N–H and O–H groups in total. The summed E-state index contributed by atoms with van der Waals surface area (Å²) in [6, 6.07) is 4.08. The third kappa shape index (κ3) is 3.14. The number of methoxy groups -OCH3 is 1. The molecule has 2 nitrogen and oxygen atoms in total. The van der Waals surface area contributed by atoms with E-state index in [0.29, 0.717) is 0 Å². The molecule has 0 heterocycles. The maximum Gasteiger partial charge on any atom is 0.192 e. The molecule has 0 aromatic heterocycles. The number of hydrogen-bond acceptors (Lipinski definition) is 2. The molecule has 0 aliphatic heterocycles. The number of ether oxygens (including phenoxy) is 1. The van der Waals surface area contributed by atoms with Gasteiger partial charge in [-0.1, -0.05) is 24.6 Å². The lowest BCUT2D eigenvalue weighted by Crippen LogP contribution is -2.31. The highest BCUT2D eigenvalue weighted by atomic mass is 31.0. The van der Waals surface area contributed by atoms with E-state index in [0.717, 1.165) is 16.7 Å². The number of hydrogen-bond donors (Lipinski definition) is 0. The van der Waals surface area contributed by atoms with Crippen molar-refractivity contribution in [2.45, 2.75) is 39.5 Å². The van der Waals surface area contributed by atoms with Crippen LogP contribution in [0.3, 0.4) is 0 Å². The van der Waals surface area contributed by atoms with Crippen LogP contribution in [0.1, 0.15) is 34.0 Å². The number of Topliss-reactive ketones (excluding diaryl/α,β-unsaturated/α-hetero) is 1. The maximum atomic E-state index is 12.4. The zero-order valence-electron chi connectivity index (χ0n) is 11.2. The van der Waals surface area contributed by atoms with Gasteiger partial charge in [0.1, 0.15) is 6.10 Å². The largest absolute Gasteiger partial charge is 0.373 e. The molecule has 3 heteroatoms. The Balaban J connectivity index is 3.20. The van der Waals surface area contributed by atoms with Crippen molar-refractivity contribution in [1.82, 2.24) is 0 Å². The van der Waals surface area contributed by atoms with E-state index in [1.807, 2.05) is 39.8 Å². The van der Waals surface area contributed by atoms with E-state index in [1.165, 1.54) is 5.56 Å². The highest BCUT2D eigenvalue weighted by Gasteiger charge is 2.25. The van der Waals surface area contributed by atoms with Gasteiger partial charge in [0.15, 0.2) is 5.78 Å². The van der Waals surface area contributed by atoms with Gasteiger partial charge in [-0.15, -0.1) is 9.24 Å². The predicted octanol–water partition coefficient (Wildman–Crippen LogP) is 3.07. The average Bonchev–Trinajstić information content (AvgIpc) is 2.15. The van der Waals surface area contributed by atoms with E-state index < -0.39 is 0 Å². The second-order valence-corrected chi connectivity index (χ2v) is 5.70. The minimum atomic E-state index is -0.389. The van der Waals surface area contributed by atoms with E-state index in [9.17, 15) is 4.79 Å². The predicted molar refractivity (Wildman–Crippen MR) is 75.0 cm³/mol. The van der Waals surface area contributed by atoms with E-state index >= 15 is 0 Å². The van der Waals surface area contributed by atoms with Crippen LogP contribution >= 0.6 is 9.24 Å². The Labute approximate surface area is 106 Å². The fourth-order valence-corrected chi connectivity index (χ4v) is 2.60. The quantitative estimate of drug-likeness (QED) is 0.608. The first-order valence-corrected chi connectivity index (χ1v) is 6.45. The van der Waals surface area contributed by atoms with Crippen molar-refractivity contribution in [3.8, 4) is 0 Å². The van der Waals surface area contributed by atoms with E-state index in [1.54, 1.807) is 7.11 Å². The third-order valence-electron chi connectivity index (χ3n) is 2.91. The standard InChI is InChI=1S/C14H21O2P/c1-8-6-9(2)12(10(3)7-8)13(15)14(16-5)11(4)17/h6-7,11,14H,17H2,1-5H3. The van der Waals surface area contributed by atoms with Crippen molar-refractivity contribution in [1.29, 1.82) is 0 Å². The molecular weight excluding hydrogens is 231 g/mol. The lowest BCUT2D eigenvalue weighted by atomic mass is 9.93. The van der Waals surface area contributed by atoms with Gasteiger partial charge in [0.2, 0.25) is 0 Å². The zero-order valence-corrected chi connectivity index (χ0v) is 12.4. The van der Waals surface area contributed by atoms with Crippen LogP contribution in [0.4, 0.5) is 0 Å². The van der Waals surface area contributed by atoms with E-state index in [2.05, 4.69) is 9.24 Å². The summed E-state index contributed by atoms with van der Waals surface area (Å²) in [6.45, 7) is 7.97. The van der Waals surface area contributed by atoms with Gasteiger partial charge in [0.25, 0.3) is 0 Å². The minimum absolute atomic E-state index is 0.0741. The SMILES string of the molecule is COC(C(=O)c1c(C)cc(C)cc1C)C(C)P. The molecule has 0 fully saturated rings. The molecule has 0 spiro atoms. The molecule has 17 heavy (non-hydrogen) atoms. The maximum absolute atomic E-state index is 12.4. The van der Waals surface area contributed by atoms with Crippen molar-refractivity contribution in [2.75, 3.05) is 7.11 Å². The molecule has 3 atom stereocenters. The first kappa shape index (κ1) is 14.3. The Hall–Kier alpha value is -0.720. The van der Waals surface area contributed by atoms with Crippen LogP contribution in [0.25, 0.3) is 0 Å². The van der Waals surface area contributed by atoms with Gasteiger partial charge in [-0.3, -0.25) is 4.79 Å². The fraction of sp³-hybridized carbons (Fsp3) is 0.500. The zero-order chi connectivity index (χ0) is 13.2. The molecule has 0 aliphatic carbocycles. The van der Waals surface area contributed by atoms with Gasteiger partial charge in [-0.2, -0.15) is 0 Å². The summed E-state index contributed by atoms with van der Waals surface area (Å²) in [5.41, 5.74) is 4.15. The Bertz CT molecular complexity index is 401. The molecule has 0 amide bonds. The summed E-state index contributed by atoms with van der Waals surface area (Å²) in [4.78, 5) is 12.4. The highest BCUT2D eigenvalue weighted by molar-refractivity contribution is 7.17.